The van der Waals surface area contributed by atoms with Gasteiger partial charge in [-0.1, -0.05) is 135 Å². The number of benzene rings is 4. The Labute approximate surface area is 263 Å². The highest BCUT2D eigenvalue weighted by molar-refractivity contribution is 6.97. The Bertz CT molecular complexity index is 1320. The monoisotopic (exact) mass is 607 g/mol. The van der Waals surface area contributed by atoms with Crippen molar-refractivity contribution in [3.63, 3.8) is 0 Å². The number of piperidine rings is 1. The molecule has 1 fully saturated rings. The molecular weight excluding hydrogens is 563 g/mol. The fourth-order valence-electron chi connectivity index (χ4n) is 6.15. The maximum absolute atomic E-state index is 12.9. The Morgan fingerprint density at radius 1 is 0.727 bits per heavy atom. The van der Waals surface area contributed by atoms with Crippen LogP contribution in [0.25, 0.3) is 0 Å². The van der Waals surface area contributed by atoms with E-state index in [1.807, 2.05) is 41.3 Å². The quantitative estimate of drug-likeness (QED) is 0.119. The van der Waals surface area contributed by atoms with Gasteiger partial charge in [0.05, 0.1) is 12.7 Å². The number of rotatable bonds is 13. The van der Waals surface area contributed by atoms with Crippen LogP contribution in [0.3, 0.4) is 0 Å². The van der Waals surface area contributed by atoms with Crippen LogP contribution in [0.1, 0.15) is 50.3 Å². The van der Waals surface area contributed by atoms with E-state index in [-0.39, 0.29) is 18.3 Å². The molecule has 5 rings (SSSR count). The number of ether oxygens (including phenoxy) is 2. The molecule has 0 saturated carbocycles. The van der Waals surface area contributed by atoms with Crippen molar-refractivity contribution in [1.82, 2.24) is 4.90 Å². The van der Waals surface area contributed by atoms with Crippen LogP contribution in [0, 0.1) is 5.92 Å². The third kappa shape index (κ3) is 8.26. The molecule has 0 bridgehead atoms. The van der Waals surface area contributed by atoms with Crippen molar-refractivity contribution in [1.29, 1.82) is 0 Å². The second kappa shape index (κ2) is 15.8. The lowest BCUT2D eigenvalue weighted by atomic mass is 10.00. The standard InChI is InChI=1S/C38H45NO4Si/c1-31(2)30-44(35-20-11-5-12-21-35,36-22-13-6-14-23-36)42-29-15-28-41-38(40)39-26-24-34(25-27-39)43-37(32-16-7-3-8-17-32)33-18-9-4-10-19-33/h3-14,16-23,31,34,37H,15,24-30H2,1-2H3. The third-order valence-corrected chi connectivity index (χ3v) is 12.9. The first-order chi connectivity index (χ1) is 21.5. The van der Waals surface area contributed by atoms with Gasteiger partial charge in [0.1, 0.15) is 6.10 Å². The van der Waals surface area contributed by atoms with Crippen molar-refractivity contribution < 1.29 is 18.7 Å². The number of amides is 1. The van der Waals surface area contributed by atoms with E-state index in [0.29, 0.717) is 38.6 Å². The molecule has 0 N–H and O–H groups in total. The molecule has 1 aliphatic heterocycles. The smallest absolute Gasteiger partial charge is 0.409 e. The van der Waals surface area contributed by atoms with Crippen LogP contribution < -0.4 is 10.4 Å². The maximum atomic E-state index is 12.9. The maximum Gasteiger partial charge on any atom is 0.409 e. The molecule has 1 amide bonds. The van der Waals surface area contributed by atoms with Gasteiger partial charge in [-0.15, -0.1) is 0 Å². The summed E-state index contributed by atoms with van der Waals surface area (Å²) in [7, 11) is -2.46. The molecule has 0 radical (unpaired) electrons. The first kappa shape index (κ1) is 31.7. The summed E-state index contributed by atoms with van der Waals surface area (Å²) in [4.78, 5) is 14.8. The lowest BCUT2D eigenvalue weighted by Crippen LogP contribution is -2.61. The summed E-state index contributed by atoms with van der Waals surface area (Å²) in [6.45, 7) is 6.67. The van der Waals surface area contributed by atoms with Crippen molar-refractivity contribution in [3.8, 4) is 0 Å². The summed E-state index contributed by atoms with van der Waals surface area (Å²) in [5.74, 6) is 0.488. The highest BCUT2D eigenvalue weighted by Gasteiger charge is 2.40. The van der Waals surface area contributed by atoms with E-state index in [4.69, 9.17) is 13.9 Å². The highest BCUT2D eigenvalue weighted by Crippen LogP contribution is 2.30. The van der Waals surface area contributed by atoms with E-state index in [1.54, 1.807) is 0 Å². The molecule has 5 nitrogen and oxygen atoms in total. The highest BCUT2D eigenvalue weighted by atomic mass is 28.4. The zero-order chi connectivity index (χ0) is 30.6. The molecule has 0 spiro atoms. The first-order valence-electron chi connectivity index (χ1n) is 16.0. The molecule has 44 heavy (non-hydrogen) atoms. The second-order valence-corrected chi connectivity index (χ2v) is 15.5. The molecule has 4 aromatic rings. The zero-order valence-electron chi connectivity index (χ0n) is 26.0. The van der Waals surface area contributed by atoms with Crippen LogP contribution >= 0.6 is 0 Å². The van der Waals surface area contributed by atoms with E-state index in [9.17, 15) is 4.79 Å². The zero-order valence-corrected chi connectivity index (χ0v) is 27.0. The Balaban J connectivity index is 1.12. The van der Waals surface area contributed by atoms with Crippen LogP contribution in [-0.4, -0.2) is 51.7 Å². The molecule has 0 aliphatic carbocycles. The van der Waals surface area contributed by atoms with E-state index in [2.05, 4.69) is 98.8 Å². The molecule has 0 atom stereocenters. The minimum Gasteiger partial charge on any atom is -0.449 e. The first-order valence-corrected chi connectivity index (χ1v) is 18.1. The Kier molecular flexibility index (Phi) is 11.4. The van der Waals surface area contributed by atoms with Crippen molar-refractivity contribution >= 4 is 24.8 Å². The van der Waals surface area contributed by atoms with Gasteiger partial charge in [-0.05, 0) is 46.3 Å². The van der Waals surface area contributed by atoms with Crippen LogP contribution in [0.15, 0.2) is 121 Å². The molecule has 6 heteroatoms. The molecule has 1 aliphatic rings. The van der Waals surface area contributed by atoms with Crippen LogP contribution in [0.4, 0.5) is 4.79 Å². The van der Waals surface area contributed by atoms with Gasteiger partial charge in [-0.2, -0.15) is 0 Å². The lowest BCUT2D eigenvalue weighted by molar-refractivity contribution is -0.0264. The summed E-state index contributed by atoms with van der Waals surface area (Å²) in [5, 5.41) is 2.56. The molecule has 0 aromatic heterocycles. The van der Waals surface area contributed by atoms with E-state index in [0.717, 1.165) is 30.0 Å². The van der Waals surface area contributed by atoms with Crippen molar-refractivity contribution in [2.75, 3.05) is 26.3 Å². The summed E-state index contributed by atoms with van der Waals surface area (Å²) in [6.07, 6.45) is 1.93. The SMILES string of the molecule is CC(C)C[Si](OCCCOC(=O)N1CCC(OC(c2ccccc2)c2ccccc2)CC1)(c1ccccc1)c1ccccc1. The number of carbonyl (C=O) groups excluding carboxylic acids is 1. The van der Waals surface area contributed by atoms with E-state index < -0.39 is 8.32 Å². The molecule has 0 unspecified atom stereocenters. The van der Waals surface area contributed by atoms with E-state index in [1.165, 1.54) is 10.4 Å². The lowest BCUT2D eigenvalue weighted by Gasteiger charge is -2.34. The number of hydrogen-bond donors (Lipinski definition) is 0. The van der Waals surface area contributed by atoms with Gasteiger partial charge in [0, 0.05) is 26.1 Å². The van der Waals surface area contributed by atoms with Crippen molar-refractivity contribution in [3.05, 3.63) is 132 Å². The normalized spacial score (nSPS) is 14.2. The largest absolute Gasteiger partial charge is 0.449 e. The van der Waals surface area contributed by atoms with Crippen LogP contribution in [0.2, 0.25) is 6.04 Å². The molecule has 1 heterocycles. The average Bonchev–Trinajstić information content (AvgIpc) is 3.08. The van der Waals surface area contributed by atoms with E-state index >= 15 is 0 Å². The van der Waals surface area contributed by atoms with Gasteiger partial charge in [0.15, 0.2) is 0 Å². The molecule has 230 valence electrons. The summed E-state index contributed by atoms with van der Waals surface area (Å²) in [5.41, 5.74) is 2.28. The Morgan fingerprint density at radius 2 is 1.20 bits per heavy atom. The molecule has 1 saturated heterocycles. The van der Waals surface area contributed by atoms with Crippen molar-refractivity contribution in [2.45, 2.75) is 51.4 Å². The van der Waals surface area contributed by atoms with Gasteiger partial charge < -0.3 is 18.8 Å². The van der Waals surface area contributed by atoms with Gasteiger partial charge in [0.25, 0.3) is 8.32 Å². The third-order valence-electron chi connectivity index (χ3n) is 8.27. The number of carbonyl (C=O) groups is 1. The van der Waals surface area contributed by atoms with Crippen LogP contribution in [0.5, 0.6) is 0 Å². The Hall–Kier alpha value is -3.71. The number of likely N-dealkylation sites (tertiary alicyclic amines) is 1. The summed E-state index contributed by atoms with van der Waals surface area (Å²) < 4.78 is 19.3. The van der Waals surface area contributed by atoms with Gasteiger partial charge in [0.2, 0.25) is 0 Å². The second-order valence-electron chi connectivity index (χ2n) is 12.0. The summed E-state index contributed by atoms with van der Waals surface area (Å²) in [6, 6.07) is 43.0. The Morgan fingerprint density at radius 3 is 1.68 bits per heavy atom. The average molecular weight is 608 g/mol. The molecular formula is C38H45NO4Si. The predicted octanol–water partition coefficient (Wildman–Crippen LogP) is 7.22. The van der Waals surface area contributed by atoms with Gasteiger partial charge in [-0.3, -0.25) is 0 Å². The summed E-state index contributed by atoms with van der Waals surface area (Å²) >= 11 is 0. The number of nitrogens with zero attached hydrogens (tertiary/aromatic N) is 1. The topological polar surface area (TPSA) is 48.0 Å². The van der Waals surface area contributed by atoms with Crippen LogP contribution in [-0.2, 0) is 13.9 Å². The minimum atomic E-state index is -2.46. The fourth-order valence-corrected chi connectivity index (χ4v) is 10.5. The van der Waals surface area contributed by atoms with Gasteiger partial charge in [-0.25, -0.2) is 4.79 Å². The predicted molar refractivity (Wildman–Crippen MR) is 180 cm³/mol. The minimum absolute atomic E-state index is 0.0767. The molecule has 4 aromatic carbocycles. The van der Waals surface area contributed by atoms with Crippen molar-refractivity contribution in [2.24, 2.45) is 5.92 Å². The fraction of sp³-hybridized carbons (Fsp3) is 0.342. The number of hydrogen-bond acceptors (Lipinski definition) is 4. The van der Waals surface area contributed by atoms with Gasteiger partial charge >= 0.3 is 6.09 Å².